The van der Waals surface area contributed by atoms with Gasteiger partial charge < -0.3 is 15.4 Å². The van der Waals surface area contributed by atoms with E-state index in [1.165, 1.54) is 0 Å². The van der Waals surface area contributed by atoms with Crippen molar-refractivity contribution in [1.29, 1.82) is 0 Å². The first-order valence-electron chi connectivity index (χ1n) is 6.24. The fraction of sp³-hybridized carbons (Fsp3) is 0.917. The molecule has 16 heavy (non-hydrogen) atoms. The molecule has 0 aliphatic carbocycles. The van der Waals surface area contributed by atoms with Gasteiger partial charge in [0.15, 0.2) is 0 Å². The van der Waals surface area contributed by atoms with Gasteiger partial charge in [-0.2, -0.15) is 0 Å². The Morgan fingerprint density at radius 3 is 2.31 bits per heavy atom. The number of rotatable bonds is 8. The molecular formula is C12H26N2O2. The molecule has 0 radical (unpaired) electrons. The van der Waals surface area contributed by atoms with E-state index in [9.17, 15) is 4.79 Å². The quantitative estimate of drug-likeness (QED) is 0.628. The molecule has 0 aromatic carbocycles. The van der Waals surface area contributed by atoms with Crippen LogP contribution in [0.3, 0.4) is 0 Å². The molecule has 1 amide bonds. The fourth-order valence-electron chi connectivity index (χ4n) is 1.31. The van der Waals surface area contributed by atoms with Gasteiger partial charge in [0.25, 0.3) is 0 Å². The minimum absolute atomic E-state index is 0.319. The monoisotopic (exact) mass is 230 g/mol. The van der Waals surface area contributed by atoms with Gasteiger partial charge in [-0.1, -0.05) is 27.7 Å². The van der Waals surface area contributed by atoms with Crippen molar-refractivity contribution in [3.63, 3.8) is 0 Å². The predicted molar refractivity (Wildman–Crippen MR) is 66.6 cm³/mol. The summed E-state index contributed by atoms with van der Waals surface area (Å²) >= 11 is 0. The molecule has 0 aromatic rings. The van der Waals surface area contributed by atoms with Crippen molar-refractivity contribution in [3.05, 3.63) is 0 Å². The SMILES string of the molecule is CCC(CC)NCCNC(=O)OCC(C)C. The number of carbonyl (C=O) groups excluding carboxylic acids is 1. The third kappa shape index (κ3) is 8.53. The van der Waals surface area contributed by atoms with E-state index >= 15 is 0 Å². The minimum atomic E-state index is -0.319. The maximum Gasteiger partial charge on any atom is 0.407 e. The Labute approximate surface area is 99.1 Å². The van der Waals surface area contributed by atoms with E-state index in [0.29, 0.717) is 25.1 Å². The molecule has 96 valence electrons. The number of carbonyl (C=O) groups is 1. The number of hydrogen-bond donors (Lipinski definition) is 2. The van der Waals surface area contributed by atoms with Gasteiger partial charge >= 0.3 is 6.09 Å². The minimum Gasteiger partial charge on any atom is -0.449 e. The first kappa shape index (κ1) is 15.2. The average molecular weight is 230 g/mol. The van der Waals surface area contributed by atoms with Gasteiger partial charge in [-0.05, 0) is 18.8 Å². The lowest BCUT2D eigenvalue weighted by atomic mass is 10.2. The van der Waals surface area contributed by atoms with Crippen LogP contribution in [0.1, 0.15) is 40.5 Å². The van der Waals surface area contributed by atoms with Crippen molar-refractivity contribution in [1.82, 2.24) is 10.6 Å². The van der Waals surface area contributed by atoms with E-state index < -0.39 is 0 Å². The molecule has 0 saturated heterocycles. The summed E-state index contributed by atoms with van der Waals surface area (Å²) < 4.78 is 4.99. The number of hydrogen-bond acceptors (Lipinski definition) is 3. The maximum atomic E-state index is 11.2. The Hall–Kier alpha value is -0.770. The third-order valence-corrected chi connectivity index (χ3v) is 2.36. The number of alkyl carbamates (subject to hydrolysis) is 1. The van der Waals surface area contributed by atoms with Crippen molar-refractivity contribution in [2.45, 2.75) is 46.6 Å². The summed E-state index contributed by atoms with van der Waals surface area (Å²) in [7, 11) is 0. The van der Waals surface area contributed by atoms with Crippen LogP contribution < -0.4 is 10.6 Å². The zero-order valence-electron chi connectivity index (χ0n) is 11.0. The molecule has 0 atom stereocenters. The molecule has 0 spiro atoms. The van der Waals surface area contributed by atoms with Gasteiger partial charge in [0.1, 0.15) is 0 Å². The van der Waals surface area contributed by atoms with Gasteiger partial charge in [0.2, 0.25) is 0 Å². The molecular weight excluding hydrogens is 204 g/mol. The smallest absolute Gasteiger partial charge is 0.407 e. The van der Waals surface area contributed by atoms with Crippen molar-refractivity contribution in [2.24, 2.45) is 5.92 Å². The van der Waals surface area contributed by atoms with Crippen LogP contribution in [0.5, 0.6) is 0 Å². The lowest BCUT2D eigenvalue weighted by Crippen LogP contribution is -2.37. The average Bonchev–Trinajstić information content (AvgIpc) is 2.26. The zero-order chi connectivity index (χ0) is 12.4. The Bertz CT molecular complexity index is 180. The summed E-state index contributed by atoms with van der Waals surface area (Å²) in [6.45, 7) is 10.2. The normalized spacial score (nSPS) is 10.9. The highest BCUT2D eigenvalue weighted by Gasteiger charge is 2.04. The van der Waals surface area contributed by atoms with Crippen molar-refractivity contribution < 1.29 is 9.53 Å². The van der Waals surface area contributed by atoms with Crippen molar-refractivity contribution in [2.75, 3.05) is 19.7 Å². The van der Waals surface area contributed by atoms with Crippen molar-refractivity contribution >= 4 is 6.09 Å². The van der Waals surface area contributed by atoms with Gasteiger partial charge in [-0.25, -0.2) is 4.79 Å². The van der Waals surface area contributed by atoms with E-state index in [0.717, 1.165) is 19.4 Å². The van der Waals surface area contributed by atoms with E-state index in [2.05, 4.69) is 24.5 Å². The van der Waals surface area contributed by atoms with Gasteiger partial charge in [-0.3, -0.25) is 0 Å². The summed E-state index contributed by atoms with van der Waals surface area (Å²) in [6, 6.07) is 0.550. The van der Waals surface area contributed by atoms with E-state index in [1.807, 2.05) is 13.8 Å². The Balaban J connectivity index is 3.40. The van der Waals surface area contributed by atoms with Crippen LogP contribution >= 0.6 is 0 Å². The second-order valence-corrected chi connectivity index (χ2v) is 4.39. The Kier molecular flexibility index (Phi) is 9.00. The summed E-state index contributed by atoms with van der Waals surface area (Å²) in [6.07, 6.45) is 1.92. The largest absolute Gasteiger partial charge is 0.449 e. The van der Waals surface area contributed by atoms with Crippen LogP contribution in [-0.4, -0.2) is 31.8 Å². The van der Waals surface area contributed by atoms with E-state index in [1.54, 1.807) is 0 Å². The maximum absolute atomic E-state index is 11.2. The molecule has 4 heteroatoms. The lowest BCUT2D eigenvalue weighted by molar-refractivity contribution is 0.133. The molecule has 0 fully saturated rings. The van der Waals surface area contributed by atoms with Gasteiger partial charge in [0, 0.05) is 19.1 Å². The molecule has 0 aromatic heterocycles. The summed E-state index contributed by atoms with van der Waals surface area (Å²) in [5.41, 5.74) is 0. The molecule has 0 aliphatic rings. The molecule has 0 unspecified atom stereocenters. The molecule has 0 rings (SSSR count). The molecule has 0 aliphatic heterocycles. The van der Waals surface area contributed by atoms with E-state index in [4.69, 9.17) is 4.74 Å². The molecule has 4 nitrogen and oxygen atoms in total. The summed E-state index contributed by atoms with van der Waals surface area (Å²) in [5.74, 6) is 0.383. The van der Waals surface area contributed by atoms with Crippen LogP contribution in [0.4, 0.5) is 4.79 Å². The van der Waals surface area contributed by atoms with Crippen LogP contribution in [-0.2, 0) is 4.74 Å². The van der Waals surface area contributed by atoms with Crippen LogP contribution in [0.2, 0.25) is 0 Å². The second-order valence-electron chi connectivity index (χ2n) is 4.39. The number of amides is 1. The van der Waals surface area contributed by atoms with E-state index in [-0.39, 0.29) is 6.09 Å². The predicted octanol–water partition coefficient (Wildman–Crippen LogP) is 2.15. The highest BCUT2D eigenvalue weighted by molar-refractivity contribution is 5.67. The van der Waals surface area contributed by atoms with Gasteiger partial charge in [0.05, 0.1) is 6.61 Å². The van der Waals surface area contributed by atoms with Gasteiger partial charge in [-0.15, -0.1) is 0 Å². The Morgan fingerprint density at radius 1 is 1.19 bits per heavy atom. The van der Waals surface area contributed by atoms with Crippen molar-refractivity contribution in [3.8, 4) is 0 Å². The highest BCUT2D eigenvalue weighted by Crippen LogP contribution is 1.94. The molecule has 0 saturated carbocycles. The number of ether oxygens (including phenoxy) is 1. The topological polar surface area (TPSA) is 50.4 Å². The summed E-state index contributed by atoms with van der Waals surface area (Å²) in [5, 5.41) is 6.09. The summed E-state index contributed by atoms with van der Waals surface area (Å²) in [4.78, 5) is 11.2. The first-order chi connectivity index (χ1) is 7.60. The zero-order valence-corrected chi connectivity index (χ0v) is 11.0. The third-order valence-electron chi connectivity index (χ3n) is 2.36. The fourth-order valence-corrected chi connectivity index (χ4v) is 1.31. The second kappa shape index (κ2) is 9.46. The van der Waals surface area contributed by atoms with Crippen LogP contribution in [0.25, 0.3) is 0 Å². The first-order valence-corrected chi connectivity index (χ1v) is 6.24. The van der Waals surface area contributed by atoms with Crippen LogP contribution in [0.15, 0.2) is 0 Å². The standard InChI is InChI=1S/C12H26N2O2/c1-5-11(6-2)13-7-8-14-12(15)16-9-10(3)4/h10-11,13H,5-9H2,1-4H3,(H,14,15). The Morgan fingerprint density at radius 2 is 1.81 bits per heavy atom. The lowest BCUT2D eigenvalue weighted by Gasteiger charge is -2.14. The molecule has 0 bridgehead atoms. The highest BCUT2D eigenvalue weighted by atomic mass is 16.5. The van der Waals surface area contributed by atoms with Crippen LogP contribution in [0, 0.1) is 5.92 Å². The molecule has 2 N–H and O–H groups in total. The molecule has 0 heterocycles. The number of nitrogens with one attached hydrogen (secondary N) is 2.